The third-order valence-corrected chi connectivity index (χ3v) is 1.55. The molecule has 0 saturated carbocycles. The number of hydrogen-bond donors (Lipinski definition) is 2. The van der Waals surface area contributed by atoms with Gasteiger partial charge in [0.2, 0.25) is 0 Å². The number of aromatic amines is 1. The molecule has 1 atom stereocenters. The zero-order valence-corrected chi connectivity index (χ0v) is 6.17. The van der Waals surface area contributed by atoms with Crippen LogP contribution in [0.15, 0.2) is 12.5 Å². The van der Waals surface area contributed by atoms with Crippen LogP contribution in [0.1, 0.15) is 19.0 Å². The summed E-state index contributed by atoms with van der Waals surface area (Å²) in [5.74, 6) is 0. The Morgan fingerprint density at radius 3 is 3.10 bits per heavy atom. The molecule has 0 aliphatic carbocycles. The second-order valence-electron chi connectivity index (χ2n) is 2.43. The second-order valence-corrected chi connectivity index (χ2v) is 2.43. The lowest BCUT2D eigenvalue weighted by Gasteiger charge is -2.03. The average Bonchev–Trinajstić information content (AvgIpc) is 2.40. The molecule has 0 aromatic carbocycles. The lowest BCUT2D eigenvalue weighted by Crippen LogP contribution is -2.21. The van der Waals surface area contributed by atoms with Gasteiger partial charge < -0.3 is 10.7 Å². The molecule has 0 fully saturated rings. The van der Waals surface area contributed by atoms with Gasteiger partial charge in [-0.25, -0.2) is 4.98 Å². The molecular formula is C7H13N3. The first-order valence-electron chi connectivity index (χ1n) is 3.56. The quantitative estimate of drug-likeness (QED) is 0.647. The van der Waals surface area contributed by atoms with E-state index < -0.39 is 0 Å². The van der Waals surface area contributed by atoms with E-state index in [-0.39, 0.29) is 6.04 Å². The predicted octanol–water partition coefficient (Wildman–Crippen LogP) is 0.690. The van der Waals surface area contributed by atoms with Crippen LogP contribution in [0.2, 0.25) is 0 Å². The number of nitrogens with one attached hydrogen (secondary N) is 1. The lowest BCUT2D eigenvalue weighted by molar-refractivity contribution is 0.638. The third-order valence-electron chi connectivity index (χ3n) is 1.55. The summed E-state index contributed by atoms with van der Waals surface area (Å²) in [5.41, 5.74) is 6.76. The van der Waals surface area contributed by atoms with Crippen LogP contribution in [-0.4, -0.2) is 16.0 Å². The molecule has 0 aliphatic heterocycles. The fraction of sp³-hybridized carbons (Fsp3) is 0.571. The lowest BCUT2D eigenvalue weighted by atomic mass is 10.1. The van der Waals surface area contributed by atoms with Gasteiger partial charge in [0.25, 0.3) is 0 Å². The van der Waals surface area contributed by atoms with Crippen LogP contribution in [0.5, 0.6) is 0 Å². The average molecular weight is 139 g/mol. The second kappa shape index (κ2) is 3.37. The topological polar surface area (TPSA) is 54.7 Å². The Hall–Kier alpha value is -0.830. The Balaban J connectivity index is 2.40. The van der Waals surface area contributed by atoms with Crippen molar-refractivity contribution in [2.75, 3.05) is 0 Å². The molecule has 0 aliphatic rings. The van der Waals surface area contributed by atoms with Crippen molar-refractivity contribution in [3.05, 3.63) is 18.2 Å². The zero-order chi connectivity index (χ0) is 7.40. The van der Waals surface area contributed by atoms with Crippen molar-refractivity contribution < 1.29 is 0 Å². The van der Waals surface area contributed by atoms with E-state index in [1.165, 1.54) is 0 Å². The Morgan fingerprint density at radius 1 is 1.80 bits per heavy atom. The molecule has 0 spiro atoms. The molecule has 3 N–H and O–H groups in total. The third kappa shape index (κ3) is 1.84. The Kier molecular flexibility index (Phi) is 2.45. The van der Waals surface area contributed by atoms with E-state index in [0.29, 0.717) is 0 Å². The number of nitrogens with two attached hydrogens (primary N) is 1. The molecule has 56 valence electrons. The van der Waals surface area contributed by atoms with Crippen LogP contribution in [0.3, 0.4) is 0 Å². The summed E-state index contributed by atoms with van der Waals surface area (Å²) in [6.07, 6.45) is 5.44. The summed E-state index contributed by atoms with van der Waals surface area (Å²) >= 11 is 0. The van der Waals surface area contributed by atoms with Crippen molar-refractivity contribution in [1.82, 2.24) is 9.97 Å². The number of H-pyrrole nitrogens is 1. The monoisotopic (exact) mass is 139 g/mol. The molecule has 0 bridgehead atoms. The minimum Gasteiger partial charge on any atom is -0.351 e. The molecule has 3 heteroatoms. The zero-order valence-electron chi connectivity index (χ0n) is 6.17. The van der Waals surface area contributed by atoms with Gasteiger partial charge in [-0.15, -0.1) is 0 Å². The van der Waals surface area contributed by atoms with Crippen molar-refractivity contribution in [2.24, 2.45) is 5.73 Å². The van der Waals surface area contributed by atoms with Gasteiger partial charge >= 0.3 is 0 Å². The van der Waals surface area contributed by atoms with Crippen molar-refractivity contribution in [3.63, 3.8) is 0 Å². The maximum Gasteiger partial charge on any atom is 0.0923 e. The fourth-order valence-corrected chi connectivity index (χ4v) is 0.816. The van der Waals surface area contributed by atoms with E-state index in [1.807, 2.05) is 6.20 Å². The van der Waals surface area contributed by atoms with Gasteiger partial charge in [0, 0.05) is 18.7 Å². The predicted molar refractivity (Wildman–Crippen MR) is 40.6 cm³/mol. The minimum atomic E-state index is 0.253. The van der Waals surface area contributed by atoms with Gasteiger partial charge in [0.1, 0.15) is 0 Å². The molecule has 0 saturated heterocycles. The number of hydrogen-bond acceptors (Lipinski definition) is 2. The molecule has 1 aromatic heterocycles. The van der Waals surface area contributed by atoms with Gasteiger partial charge in [0.15, 0.2) is 0 Å². The van der Waals surface area contributed by atoms with Crippen molar-refractivity contribution in [2.45, 2.75) is 25.8 Å². The highest BCUT2D eigenvalue weighted by Crippen LogP contribution is 1.97. The molecule has 3 nitrogen and oxygen atoms in total. The van der Waals surface area contributed by atoms with E-state index in [9.17, 15) is 0 Å². The maximum atomic E-state index is 5.71. The highest BCUT2D eigenvalue weighted by Gasteiger charge is 2.01. The van der Waals surface area contributed by atoms with Crippen molar-refractivity contribution in [1.29, 1.82) is 0 Å². The Bertz CT molecular complexity index is 169. The van der Waals surface area contributed by atoms with Crippen molar-refractivity contribution in [3.8, 4) is 0 Å². The summed E-state index contributed by atoms with van der Waals surface area (Å²) in [7, 11) is 0. The largest absolute Gasteiger partial charge is 0.351 e. The van der Waals surface area contributed by atoms with Crippen LogP contribution < -0.4 is 5.73 Å². The minimum absolute atomic E-state index is 0.253. The number of rotatable bonds is 3. The van der Waals surface area contributed by atoms with Gasteiger partial charge in [-0.3, -0.25) is 0 Å². The summed E-state index contributed by atoms with van der Waals surface area (Å²) in [6, 6.07) is 0.253. The van der Waals surface area contributed by atoms with E-state index >= 15 is 0 Å². The molecule has 1 heterocycles. The molecule has 10 heavy (non-hydrogen) atoms. The first kappa shape index (κ1) is 7.28. The van der Waals surface area contributed by atoms with Gasteiger partial charge in [-0.1, -0.05) is 6.92 Å². The summed E-state index contributed by atoms with van der Waals surface area (Å²) in [4.78, 5) is 6.96. The molecule has 1 rings (SSSR count). The van der Waals surface area contributed by atoms with E-state index in [4.69, 9.17) is 5.73 Å². The number of aromatic nitrogens is 2. The van der Waals surface area contributed by atoms with E-state index in [2.05, 4.69) is 16.9 Å². The summed E-state index contributed by atoms with van der Waals surface area (Å²) in [6.45, 7) is 2.08. The molecule has 0 unspecified atom stereocenters. The Morgan fingerprint density at radius 2 is 2.60 bits per heavy atom. The van der Waals surface area contributed by atoms with E-state index in [1.54, 1.807) is 6.33 Å². The molecular weight excluding hydrogens is 126 g/mol. The normalized spacial score (nSPS) is 13.4. The van der Waals surface area contributed by atoms with E-state index in [0.717, 1.165) is 18.5 Å². The van der Waals surface area contributed by atoms with Crippen molar-refractivity contribution >= 4 is 0 Å². The highest BCUT2D eigenvalue weighted by molar-refractivity contribution is 4.96. The van der Waals surface area contributed by atoms with Crippen LogP contribution in [0.25, 0.3) is 0 Å². The van der Waals surface area contributed by atoms with Gasteiger partial charge in [-0.2, -0.15) is 0 Å². The highest BCUT2D eigenvalue weighted by atomic mass is 14.9. The van der Waals surface area contributed by atoms with Crippen LogP contribution in [-0.2, 0) is 6.42 Å². The standard InChI is InChI=1S/C7H13N3/c1-2-6(8)3-7-4-9-5-10-7/h4-6H,2-3,8H2,1H3,(H,9,10)/t6-/m0/s1. The SMILES string of the molecule is CC[C@H](N)Cc1c[nH]cn1. The first-order chi connectivity index (χ1) is 4.83. The number of imidazole rings is 1. The van der Waals surface area contributed by atoms with Crippen LogP contribution in [0, 0.1) is 0 Å². The smallest absolute Gasteiger partial charge is 0.0923 e. The molecule has 0 amide bonds. The van der Waals surface area contributed by atoms with Crippen LogP contribution >= 0.6 is 0 Å². The van der Waals surface area contributed by atoms with Gasteiger partial charge in [-0.05, 0) is 6.42 Å². The van der Waals surface area contributed by atoms with Crippen LogP contribution in [0.4, 0.5) is 0 Å². The molecule has 0 radical (unpaired) electrons. The Labute approximate surface area is 60.7 Å². The fourth-order valence-electron chi connectivity index (χ4n) is 0.816. The number of nitrogens with zero attached hydrogens (tertiary/aromatic N) is 1. The van der Waals surface area contributed by atoms with Gasteiger partial charge in [0.05, 0.1) is 12.0 Å². The summed E-state index contributed by atoms with van der Waals surface area (Å²) in [5, 5.41) is 0. The first-order valence-corrected chi connectivity index (χ1v) is 3.56. The molecule has 1 aromatic rings. The maximum absolute atomic E-state index is 5.71. The summed E-state index contributed by atoms with van der Waals surface area (Å²) < 4.78 is 0.